The van der Waals surface area contributed by atoms with Crippen molar-refractivity contribution >= 4 is 38.6 Å². The third-order valence-electron chi connectivity index (χ3n) is 2.99. The SMILES string of the molecule is CCNC(=O)CN(CC)S(=O)(=O)c1ccc(Cl)c2nonc12. The summed E-state index contributed by atoms with van der Waals surface area (Å²) in [4.78, 5) is 11.6. The molecule has 1 N–H and O–H groups in total. The van der Waals surface area contributed by atoms with Gasteiger partial charge >= 0.3 is 0 Å². The van der Waals surface area contributed by atoms with E-state index < -0.39 is 10.0 Å². The average Bonchev–Trinajstić information content (AvgIpc) is 2.95. The molecule has 1 aromatic heterocycles. The Labute approximate surface area is 132 Å². The first-order chi connectivity index (χ1) is 10.4. The van der Waals surface area contributed by atoms with E-state index in [0.717, 1.165) is 4.31 Å². The first kappa shape index (κ1) is 16.7. The molecule has 10 heteroatoms. The molecule has 0 saturated carbocycles. The molecule has 1 amide bonds. The molecular formula is C12H15ClN4O4S. The van der Waals surface area contributed by atoms with Gasteiger partial charge in [0.2, 0.25) is 15.9 Å². The minimum absolute atomic E-state index is 0.0434. The average molecular weight is 347 g/mol. The highest BCUT2D eigenvalue weighted by atomic mass is 35.5. The number of carbonyl (C=O) groups excluding carboxylic acids is 1. The van der Waals surface area contributed by atoms with Crippen LogP contribution in [0, 0.1) is 0 Å². The number of nitrogens with one attached hydrogen (secondary N) is 1. The molecule has 0 bridgehead atoms. The third kappa shape index (κ3) is 3.06. The van der Waals surface area contributed by atoms with Crippen molar-refractivity contribution in [1.82, 2.24) is 19.9 Å². The Morgan fingerprint density at radius 3 is 2.64 bits per heavy atom. The van der Waals surface area contributed by atoms with Crippen molar-refractivity contribution in [3.05, 3.63) is 17.2 Å². The van der Waals surface area contributed by atoms with E-state index in [1.54, 1.807) is 13.8 Å². The zero-order chi connectivity index (χ0) is 16.3. The number of halogens is 1. The quantitative estimate of drug-likeness (QED) is 0.837. The maximum Gasteiger partial charge on any atom is 0.245 e. The molecule has 0 saturated heterocycles. The normalized spacial score (nSPS) is 12.0. The molecule has 0 aliphatic rings. The Balaban J connectivity index is 2.45. The molecule has 0 fully saturated rings. The number of hydrogen-bond donors (Lipinski definition) is 1. The highest BCUT2D eigenvalue weighted by Crippen LogP contribution is 2.28. The van der Waals surface area contributed by atoms with Crippen LogP contribution in [0.15, 0.2) is 21.7 Å². The Bertz CT molecular complexity index is 790. The Morgan fingerprint density at radius 1 is 1.32 bits per heavy atom. The van der Waals surface area contributed by atoms with Crippen molar-refractivity contribution in [2.45, 2.75) is 18.7 Å². The summed E-state index contributed by atoms with van der Waals surface area (Å²) in [6.45, 7) is 3.68. The van der Waals surface area contributed by atoms with Gasteiger partial charge in [0.25, 0.3) is 0 Å². The summed E-state index contributed by atoms with van der Waals surface area (Å²) in [5.74, 6) is -0.378. The van der Waals surface area contributed by atoms with E-state index in [1.807, 2.05) is 0 Å². The summed E-state index contributed by atoms with van der Waals surface area (Å²) < 4.78 is 31.1. The van der Waals surface area contributed by atoms with Gasteiger partial charge < -0.3 is 5.32 Å². The van der Waals surface area contributed by atoms with E-state index in [4.69, 9.17) is 11.6 Å². The van der Waals surface area contributed by atoms with Gasteiger partial charge in [0, 0.05) is 13.1 Å². The molecular weight excluding hydrogens is 332 g/mol. The van der Waals surface area contributed by atoms with Gasteiger partial charge in [0.15, 0.2) is 11.0 Å². The summed E-state index contributed by atoms with van der Waals surface area (Å²) in [5, 5.41) is 9.99. The Kier molecular flexibility index (Phi) is 4.99. The Hall–Kier alpha value is -1.71. The van der Waals surface area contributed by atoms with Crippen LogP contribution >= 0.6 is 11.6 Å². The van der Waals surface area contributed by atoms with E-state index in [0.29, 0.717) is 6.54 Å². The standard InChI is InChI=1S/C12H15ClN4O4S/c1-3-14-10(18)7-17(4-2)22(19,20)9-6-5-8(13)11-12(9)16-21-15-11/h5-6H,3-4,7H2,1-2H3,(H,14,18). The second kappa shape index (κ2) is 6.59. The largest absolute Gasteiger partial charge is 0.355 e. The topological polar surface area (TPSA) is 105 Å². The van der Waals surface area contributed by atoms with Gasteiger partial charge in [0.1, 0.15) is 4.90 Å². The van der Waals surface area contributed by atoms with Crippen LogP contribution in [0.5, 0.6) is 0 Å². The number of nitrogens with zero attached hydrogens (tertiary/aromatic N) is 3. The molecule has 8 nitrogen and oxygen atoms in total. The zero-order valence-electron chi connectivity index (χ0n) is 12.0. The van der Waals surface area contributed by atoms with Crippen molar-refractivity contribution in [3.8, 4) is 0 Å². The molecule has 1 heterocycles. The first-order valence-corrected chi connectivity index (χ1v) is 8.41. The number of carbonyl (C=O) groups is 1. The number of aromatic nitrogens is 2. The number of hydrogen-bond acceptors (Lipinski definition) is 6. The van der Waals surface area contributed by atoms with Crippen molar-refractivity contribution in [3.63, 3.8) is 0 Å². The number of benzene rings is 1. The summed E-state index contributed by atoms with van der Waals surface area (Å²) in [6.07, 6.45) is 0. The van der Waals surface area contributed by atoms with Crippen LogP contribution in [-0.4, -0.2) is 48.6 Å². The fourth-order valence-corrected chi connectivity index (χ4v) is 3.65. The molecule has 1 aromatic carbocycles. The van der Waals surface area contributed by atoms with Gasteiger partial charge in [0.05, 0.1) is 11.6 Å². The van der Waals surface area contributed by atoms with Gasteiger partial charge in [-0.3, -0.25) is 4.79 Å². The van der Waals surface area contributed by atoms with Crippen LogP contribution in [0.4, 0.5) is 0 Å². The lowest BCUT2D eigenvalue weighted by Gasteiger charge is -2.19. The van der Waals surface area contributed by atoms with Crippen LogP contribution in [0.3, 0.4) is 0 Å². The fraction of sp³-hybridized carbons (Fsp3) is 0.417. The van der Waals surface area contributed by atoms with E-state index in [1.165, 1.54) is 12.1 Å². The lowest BCUT2D eigenvalue weighted by Crippen LogP contribution is -2.40. The molecule has 120 valence electrons. The molecule has 0 aliphatic carbocycles. The van der Waals surface area contributed by atoms with Crippen LogP contribution in [0.1, 0.15) is 13.8 Å². The molecule has 22 heavy (non-hydrogen) atoms. The molecule has 0 spiro atoms. The number of fused-ring (bicyclic) bond motifs is 1. The Morgan fingerprint density at radius 2 is 2.00 bits per heavy atom. The van der Waals surface area contributed by atoms with E-state index >= 15 is 0 Å². The molecule has 0 radical (unpaired) electrons. The van der Waals surface area contributed by atoms with Crippen LogP contribution < -0.4 is 5.32 Å². The van der Waals surface area contributed by atoms with Gasteiger partial charge in [-0.1, -0.05) is 18.5 Å². The van der Waals surface area contributed by atoms with Crippen molar-refractivity contribution in [2.75, 3.05) is 19.6 Å². The predicted octanol–water partition coefficient (Wildman–Crippen LogP) is 1.02. The molecule has 2 rings (SSSR count). The van der Waals surface area contributed by atoms with Crippen LogP contribution in [-0.2, 0) is 14.8 Å². The maximum atomic E-state index is 12.7. The summed E-state index contributed by atoms with van der Waals surface area (Å²) in [7, 11) is -3.93. The highest BCUT2D eigenvalue weighted by Gasteiger charge is 2.29. The van der Waals surface area contributed by atoms with Crippen molar-refractivity contribution in [1.29, 1.82) is 0 Å². The summed E-state index contributed by atoms with van der Waals surface area (Å²) in [6, 6.07) is 2.73. The molecule has 0 atom stereocenters. The highest BCUT2D eigenvalue weighted by molar-refractivity contribution is 7.89. The van der Waals surface area contributed by atoms with Gasteiger partial charge in [-0.05, 0) is 29.4 Å². The zero-order valence-corrected chi connectivity index (χ0v) is 13.6. The number of likely N-dealkylation sites (N-methyl/N-ethyl adjacent to an activating group) is 2. The summed E-state index contributed by atoms with van der Waals surface area (Å²) in [5.41, 5.74) is 0.207. The minimum Gasteiger partial charge on any atom is -0.355 e. The lowest BCUT2D eigenvalue weighted by atomic mass is 10.3. The number of rotatable bonds is 6. The van der Waals surface area contributed by atoms with E-state index in [2.05, 4.69) is 20.3 Å². The van der Waals surface area contributed by atoms with Gasteiger partial charge in [-0.2, -0.15) is 4.31 Å². The van der Waals surface area contributed by atoms with E-state index in [-0.39, 0.29) is 39.9 Å². The van der Waals surface area contributed by atoms with Crippen LogP contribution in [0.2, 0.25) is 5.02 Å². The molecule has 0 unspecified atom stereocenters. The monoisotopic (exact) mass is 346 g/mol. The lowest BCUT2D eigenvalue weighted by molar-refractivity contribution is -0.121. The van der Waals surface area contributed by atoms with Gasteiger partial charge in [-0.15, -0.1) is 0 Å². The second-order valence-electron chi connectivity index (χ2n) is 4.39. The van der Waals surface area contributed by atoms with Crippen LogP contribution in [0.25, 0.3) is 11.0 Å². The number of amides is 1. The predicted molar refractivity (Wildman–Crippen MR) is 79.9 cm³/mol. The first-order valence-electron chi connectivity index (χ1n) is 6.59. The molecule has 2 aromatic rings. The second-order valence-corrected chi connectivity index (χ2v) is 6.71. The van der Waals surface area contributed by atoms with Crippen molar-refractivity contribution in [2.24, 2.45) is 0 Å². The third-order valence-corrected chi connectivity index (χ3v) is 5.25. The maximum absolute atomic E-state index is 12.7. The molecule has 0 aliphatic heterocycles. The minimum atomic E-state index is -3.93. The fourth-order valence-electron chi connectivity index (χ4n) is 1.94. The smallest absolute Gasteiger partial charge is 0.245 e. The summed E-state index contributed by atoms with van der Waals surface area (Å²) >= 11 is 5.92. The van der Waals surface area contributed by atoms with E-state index in [9.17, 15) is 13.2 Å². The van der Waals surface area contributed by atoms with Gasteiger partial charge in [-0.25, -0.2) is 13.0 Å². The van der Waals surface area contributed by atoms with Crippen molar-refractivity contribution < 1.29 is 17.8 Å². The number of sulfonamides is 1.